The predicted octanol–water partition coefficient (Wildman–Crippen LogP) is 4.25. The number of Topliss-reactive ketones (excluding diaryl/α,β-unsaturated/α-hetero) is 1. The van der Waals surface area contributed by atoms with E-state index in [1.54, 1.807) is 41.8 Å². The van der Waals surface area contributed by atoms with Crippen molar-refractivity contribution in [1.82, 2.24) is 5.32 Å². The Morgan fingerprint density at radius 3 is 2.38 bits per heavy atom. The van der Waals surface area contributed by atoms with Crippen molar-refractivity contribution in [2.45, 2.75) is 13.1 Å². The molecule has 3 rings (SSSR count). The highest BCUT2D eigenvalue weighted by Crippen LogP contribution is 2.16. The third-order valence-electron chi connectivity index (χ3n) is 3.79. The molecule has 0 saturated heterocycles. The van der Waals surface area contributed by atoms with Gasteiger partial charge < -0.3 is 10.6 Å². The lowest BCUT2D eigenvalue weighted by Crippen LogP contribution is -2.46. The molecule has 0 aliphatic carbocycles. The number of benzene rings is 2. The first-order valence-corrected chi connectivity index (χ1v) is 8.89. The Hall–Kier alpha value is -2.99. The van der Waals surface area contributed by atoms with Gasteiger partial charge in [0.1, 0.15) is 5.82 Å². The minimum Gasteiger partial charge on any atom is -0.356 e. The van der Waals surface area contributed by atoms with Gasteiger partial charge in [-0.25, -0.2) is 4.39 Å². The number of thiophene rings is 1. The van der Waals surface area contributed by atoms with Gasteiger partial charge in [-0.3, -0.25) is 9.59 Å². The number of hydrogen-bond donors (Lipinski definition) is 2. The van der Waals surface area contributed by atoms with E-state index in [1.165, 1.54) is 23.5 Å². The largest absolute Gasteiger partial charge is 0.356 e. The molecule has 3 aromatic rings. The van der Waals surface area contributed by atoms with Gasteiger partial charge in [-0.15, -0.1) is 11.3 Å². The van der Waals surface area contributed by atoms with Gasteiger partial charge in [-0.05, 0) is 30.5 Å². The molecule has 6 heteroatoms. The standard InChI is InChI=1S/C20H17FN2O2S/c1-13-8-10-14(11-9-13)18(24)19(22-16-6-3-2-5-15(16)21)23-20(25)17-7-4-12-26-17/h2-12,19,22H,1H3,(H,23,25). The summed E-state index contributed by atoms with van der Waals surface area (Å²) in [5, 5.41) is 7.23. The summed E-state index contributed by atoms with van der Waals surface area (Å²) in [5.74, 6) is -1.24. The Kier molecular flexibility index (Phi) is 5.43. The molecule has 1 aromatic heterocycles. The molecular weight excluding hydrogens is 351 g/mol. The van der Waals surface area contributed by atoms with Crippen molar-refractivity contribution in [3.8, 4) is 0 Å². The number of halogens is 1. The minimum atomic E-state index is -1.09. The van der Waals surface area contributed by atoms with E-state index in [2.05, 4.69) is 10.6 Å². The number of rotatable bonds is 6. The summed E-state index contributed by atoms with van der Waals surface area (Å²) in [6.45, 7) is 1.92. The number of nitrogens with one attached hydrogen (secondary N) is 2. The molecule has 0 bridgehead atoms. The van der Waals surface area contributed by atoms with Gasteiger partial charge in [0.05, 0.1) is 10.6 Å². The number of hydrogen-bond acceptors (Lipinski definition) is 4. The molecule has 1 heterocycles. The summed E-state index contributed by atoms with van der Waals surface area (Å²) in [7, 11) is 0. The maximum absolute atomic E-state index is 14.0. The van der Waals surface area contributed by atoms with Gasteiger partial charge in [0, 0.05) is 5.56 Å². The van der Waals surface area contributed by atoms with Crippen LogP contribution in [0.15, 0.2) is 66.0 Å². The zero-order chi connectivity index (χ0) is 18.5. The number of para-hydroxylation sites is 1. The number of carbonyl (C=O) groups is 2. The Labute approximate surface area is 154 Å². The van der Waals surface area contributed by atoms with E-state index in [-0.39, 0.29) is 11.5 Å². The van der Waals surface area contributed by atoms with Crippen molar-refractivity contribution in [3.05, 3.63) is 87.9 Å². The molecule has 26 heavy (non-hydrogen) atoms. The van der Waals surface area contributed by atoms with Crippen LogP contribution in [0.3, 0.4) is 0 Å². The molecule has 0 spiro atoms. The van der Waals surface area contributed by atoms with E-state index in [4.69, 9.17) is 0 Å². The molecule has 0 aliphatic heterocycles. The second-order valence-electron chi connectivity index (χ2n) is 5.74. The van der Waals surface area contributed by atoms with Crippen LogP contribution in [-0.4, -0.2) is 17.9 Å². The van der Waals surface area contributed by atoms with Crippen molar-refractivity contribution in [3.63, 3.8) is 0 Å². The number of amides is 1. The van der Waals surface area contributed by atoms with Gasteiger partial charge in [0.15, 0.2) is 6.17 Å². The van der Waals surface area contributed by atoms with Crippen molar-refractivity contribution in [1.29, 1.82) is 0 Å². The molecular formula is C20H17FN2O2S. The van der Waals surface area contributed by atoms with E-state index in [0.717, 1.165) is 5.56 Å². The van der Waals surface area contributed by atoms with Crippen molar-refractivity contribution in [2.75, 3.05) is 5.32 Å². The van der Waals surface area contributed by atoms with Gasteiger partial charge in [-0.2, -0.15) is 0 Å². The van der Waals surface area contributed by atoms with E-state index in [1.807, 2.05) is 19.1 Å². The first-order chi connectivity index (χ1) is 12.5. The second-order valence-corrected chi connectivity index (χ2v) is 6.69. The summed E-state index contributed by atoms with van der Waals surface area (Å²) in [6, 6.07) is 16.4. The number of aryl methyl sites for hydroxylation is 1. The lowest BCUT2D eigenvalue weighted by atomic mass is 10.1. The van der Waals surface area contributed by atoms with Gasteiger partial charge in [-0.1, -0.05) is 48.0 Å². The molecule has 1 unspecified atom stereocenters. The summed E-state index contributed by atoms with van der Waals surface area (Å²) in [5.41, 5.74) is 1.59. The smallest absolute Gasteiger partial charge is 0.263 e. The Morgan fingerprint density at radius 1 is 1.00 bits per heavy atom. The van der Waals surface area contributed by atoms with Crippen LogP contribution in [0.25, 0.3) is 0 Å². The zero-order valence-electron chi connectivity index (χ0n) is 14.0. The first-order valence-electron chi connectivity index (χ1n) is 8.01. The fraction of sp³-hybridized carbons (Fsp3) is 0.100. The van der Waals surface area contributed by atoms with E-state index >= 15 is 0 Å². The molecule has 2 aromatic carbocycles. The SMILES string of the molecule is Cc1ccc(C(=O)C(NC(=O)c2cccs2)Nc2ccccc2F)cc1. The lowest BCUT2D eigenvalue weighted by Gasteiger charge is -2.20. The highest BCUT2D eigenvalue weighted by Gasteiger charge is 2.24. The van der Waals surface area contributed by atoms with Crippen LogP contribution in [-0.2, 0) is 0 Å². The predicted molar refractivity (Wildman–Crippen MR) is 101 cm³/mol. The van der Waals surface area contributed by atoms with Crippen LogP contribution in [0.1, 0.15) is 25.6 Å². The number of anilines is 1. The molecule has 132 valence electrons. The van der Waals surface area contributed by atoms with Gasteiger partial charge in [0.2, 0.25) is 5.78 Å². The van der Waals surface area contributed by atoms with E-state index in [9.17, 15) is 14.0 Å². The summed E-state index contributed by atoms with van der Waals surface area (Å²) in [6.07, 6.45) is -1.09. The quantitative estimate of drug-likeness (QED) is 0.505. The molecule has 2 N–H and O–H groups in total. The third kappa shape index (κ3) is 4.15. The lowest BCUT2D eigenvalue weighted by molar-refractivity contribution is 0.0871. The van der Waals surface area contributed by atoms with Crippen LogP contribution < -0.4 is 10.6 Å². The Bertz CT molecular complexity index is 908. The van der Waals surface area contributed by atoms with Gasteiger partial charge >= 0.3 is 0 Å². The van der Waals surface area contributed by atoms with Crippen molar-refractivity contribution in [2.24, 2.45) is 0 Å². The fourth-order valence-electron chi connectivity index (χ4n) is 2.40. The van der Waals surface area contributed by atoms with E-state index in [0.29, 0.717) is 10.4 Å². The molecule has 4 nitrogen and oxygen atoms in total. The van der Waals surface area contributed by atoms with E-state index < -0.39 is 17.9 Å². The van der Waals surface area contributed by atoms with Crippen LogP contribution in [0.2, 0.25) is 0 Å². The third-order valence-corrected chi connectivity index (χ3v) is 4.66. The zero-order valence-corrected chi connectivity index (χ0v) is 14.8. The Balaban J connectivity index is 1.87. The number of ketones is 1. The molecule has 0 fully saturated rings. The maximum Gasteiger partial charge on any atom is 0.263 e. The van der Waals surface area contributed by atoms with Crippen molar-refractivity contribution >= 4 is 28.7 Å². The van der Waals surface area contributed by atoms with Crippen LogP contribution in [0.4, 0.5) is 10.1 Å². The molecule has 1 amide bonds. The van der Waals surface area contributed by atoms with Crippen LogP contribution in [0.5, 0.6) is 0 Å². The number of carbonyl (C=O) groups excluding carboxylic acids is 2. The van der Waals surface area contributed by atoms with Crippen LogP contribution >= 0.6 is 11.3 Å². The first kappa shape index (κ1) is 17.8. The second kappa shape index (κ2) is 7.93. The molecule has 1 atom stereocenters. The minimum absolute atomic E-state index is 0.143. The highest BCUT2D eigenvalue weighted by molar-refractivity contribution is 7.12. The summed E-state index contributed by atoms with van der Waals surface area (Å²) >= 11 is 1.27. The average Bonchev–Trinajstić information content (AvgIpc) is 3.18. The van der Waals surface area contributed by atoms with Crippen molar-refractivity contribution < 1.29 is 14.0 Å². The maximum atomic E-state index is 14.0. The molecule has 0 radical (unpaired) electrons. The summed E-state index contributed by atoms with van der Waals surface area (Å²) < 4.78 is 14.0. The molecule has 0 aliphatic rings. The monoisotopic (exact) mass is 368 g/mol. The topological polar surface area (TPSA) is 58.2 Å². The average molecular weight is 368 g/mol. The van der Waals surface area contributed by atoms with Gasteiger partial charge in [0.25, 0.3) is 5.91 Å². The normalized spacial score (nSPS) is 11.6. The highest BCUT2D eigenvalue weighted by atomic mass is 32.1. The summed E-state index contributed by atoms with van der Waals surface area (Å²) in [4.78, 5) is 25.7. The Morgan fingerprint density at radius 2 is 1.73 bits per heavy atom. The molecule has 0 saturated carbocycles. The fourth-order valence-corrected chi connectivity index (χ4v) is 3.02. The van der Waals surface area contributed by atoms with Crippen LogP contribution in [0, 0.1) is 12.7 Å².